The van der Waals surface area contributed by atoms with Crippen LogP contribution in [0.4, 0.5) is 0 Å². The van der Waals surface area contributed by atoms with Crippen LogP contribution in [0, 0.1) is 0 Å². The molecule has 0 bridgehead atoms. The van der Waals surface area contributed by atoms with Crippen LogP contribution in [0.5, 0.6) is 0 Å². The van der Waals surface area contributed by atoms with Crippen molar-refractivity contribution >= 4 is 0 Å². The van der Waals surface area contributed by atoms with E-state index in [0.717, 1.165) is 31.2 Å². The molecule has 3 atom stereocenters. The Labute approximate surface area is 209 Å². The van der Waals surface area contributed by atoms with Crippen LogP contribution in [0.3, 0.4) is 0 Å². The van der Waals surface area contributed by atoms with Crippen molar-refractivity contribution in [3.05, 3.63) is 35.9 Å². The number of benzene rings is 1. The van der Waals surface area contributed by atoms with E-state index in [2.05, 4.69) is 32.9 Å². The monoisotopic (exact) mass is 476 g/mol. The molecule has 1 heterocycles. The molecule has 196 valence electrons. The van der Waals surface area contributed by atoms with Gasteiger partial charge >= 0.3 is 0 Å². The lowest BCUT2D eigenvalue weighted by atomic mass is 10.00. The molecule has 0 radical (unpaired) electrons. The first-order valence-electron chi connectivity index (χ1n) is 14.3. The Morgan fingerprint density at radius 3 is 1.94 bits per heavy atom. The molecule has 1 N–H and O–H groups in total. The maximum atomic E-state index is 11.1. The van der Waals surface area contributed by atoms with Crippen LogP contribution in [0.2, 0.25) is 0 Å². The second-order valence-electron chi connectivity index (χ2n) is 10.1. The summed E-state index contributed by atoms with van der Waals surface area (Å²) >= 11 is 0. The molecule has 2 rings (SSSR count). The number of ether oxygens (including phenoxy) is 3. The maximum Gasteiger partial charge on any atom is 0.168 e. The zero-order chi connectivity index (χ0) is 24.5. The summed E-state index contributed by atoms with van der Waals surface area (Å²) < 4.78 is 18.6. The van der Waals surface area contributed by atoms with E-state index in [1.54, 1.807) is 0 Å². The topological polar surface area (TPSA) is 47.9 Å². The standard InChI is InChI=1S/C30H52O4/c1-4-7-8-9-10-11-12-13-14-15-16-20-23-27(31)29(32-24-26-21-18-17-19-22-26)28-25-33-30(5-2,6-3)34-28/h17-19,21-22,27-29,31H,4-16,20,23-25H2,1-3H3/t27?,28-,29-/m1/s1. The smallest absolute Gasteiger partial charge is 0.168 e. The fourth-order valence-electron chi connectivity index (χ4n) is 4.95. The average molecular weight is 477 g/mol. The van der Waals surface area contributed by atoms with Crippen LogP contribution < -0.4 is 0 Å². The second kappa shape index (κ2) is 17.5. The van der Waals surface area contributed by atoms with E-state index >= 15 is 0 Å². The minimum Gasteiger partial charge on any atom is -0.390 e. The molecule has 0 saturated carbocycles. The lowest BCUT2D eigenvalue weighted by Gasteiger charge is -2.30. The molecule has 4 heteroatoms. The molecule has 1 fully saturated rings. The van der Waals surface area contributed by atoms with Crippen molar-refractivity contribution in [2.24, 2.45) is 0 Å². The Kier molecular flexibility index (Phi) is 15.1. The highest BCUT2D eigenvalue weighted by Crippen LogP contribution is 2.33. The van der Waals surface area contributed by atoms with Crippen LogP contribution in [-0.4, -0.2) is 35.8 Å². The van der Waals surface area contributed by atoms with Gasteiger partial charge in [-0.1, -0.05) is 128 Å². The van der Waals surface area contributed by atoms with E-state index in [0.29, 0.717) is 13.2 Å². The zero-order valence-electron chi connectivity index (χ0n) is 22.3. The molecule has 4 nitrogen and oxygen atoms in total. The summed E-state index contributed by atoms with van der Waals surface area (Å²) in [7, 11) is 0. The summed E-state index contributed by atoms with van der Waals surface area (Å²) in [5, 5.41) is 11.1. The lowest BCUT2D eigenvalue weighted by molar-refractivity contribution is -0.195. The zero-order valence-corrected chi connectivity index (χ0v) is 22.3. The summed E-state index contributed by atoms with van der Waals surface area (Å²) in [5.41, 5.74) is 1.11. The second-order valence-corrected chi connectivity index (χ2v) is 10.1. The van der Waals surface area contributed by atoms with Crippen LogP contribution in [-0.2, 0) is 20.8 Å². The molecule has 0 aliphatic carbocycles. The van der Waals surface area contributed by atoms with Crippen LogP contribution in [0.25, 0.3) is 0 Å². The van der Waals surface area contributed by atoms with Gasteiger partial charge in [-0.15, -0.1) is 0 Å². The van der Waals surface area contributed by atoms with Crippen molar-refractivity contribution in [2.75, 3.05) is 6.61 Å². The van der Waals surface area contributed by atoms with E-state index in [1.807, 2.05) is 18.2 Å². The highest BCUT2D eigenvalue weighted by Gasteiger charge is 2.44. The van der Waals surface area contributed by atoms with E-state index in [9.17, 15) is 5.11 Å². The third-order valence-corrected chi connectivity index (χ3v) is 7.34. The van der Waals surface area contributed by atoms with Gasteiger partial charge in [0.2, 0.25) is 0 Å². The van der Waals surface area contributed by atoms with E-state index in [4.69, 9.17) is 14.2 Å². The van der Waals surface area contributed by atoms with Crippen molar-refractivity contribution in [3.8, 4) is 0 Å². The number of rotatable bonds is 20. The van der Waals surface area contributed by atoms with Gasteiger partial charge in [0.05, 0.1) is 19.3 Å². The Morgan fingerprint density at radius 2 is 1.41 bits per heavy atom. The van der Waals surface area contributed by atoms with Gasteiger partial charge in [-0.25, -0.2) is 0 Å². The lowest BCUT2D eigenvalue weighted by Crippen LogP contribution is -2.42. The molecule has 1 unspecified atom stereocenters. The van der Waals surface area contributed by atoms with E-state index < -0.39 is 11.9 Å². The molecule has 1 aliphatic heterocycles. The number of aliphatic hydroxyl groups is 1. The molecule has 1 saturated heterocycles. The minimum absolute atomic E-state index is 0.226. The number of unbranched alkanes of at least 4 members (excludes halogenated alkanes) is 11. The molecular formula is C30H52O4. The van der Waals surface area contributed by atoms with Crippen molar-refractivity contribution < 1.29 is 19.3 Å². The van der Waals surface area contributed by atoms with Gasteiger partial charge in [0.25, 0.3) is 0 Å². The highest BCUT2D eigenvalue weighted by atomic mass is 16.8. The van der Waals surface area contributed by atoms with Crippen molar-refractivity contribution in [1.29, 1.82) is 0 Å². The molecule has 1 aromatic rings. The first-order valence-corrected chi connectivity index (χ1v) is 14.3. The van der Waals surface area contributed by atoms with Crippen molar-refractivity contribution in [2.45, 2.75) is 148 Å². The van der Waals surface area contributed by atoms with Crippen molar-refractivity contribution in [1.82, 2.24) is 0 Å². The Hall–Kier alpha value is -0.940. The molecule has 0 amide bonds. The van der Waals surface area contributed by atoms with Crippen molar-refractivity contribution in [3.63, 3.8) is 0 Å². The van der Waals surface area contributed by atoms with Gasteiger partial charge < -0.3 is 19.3 Å². The van der Waals surface area contributed by atoms with Gasteiger partial charge in [0, 0.05) is 0 Å². The molecular weight excluding hydrogens is 424 g/mol. The molecule has 1 aromatic carbocycles. The Morgan fingerprint density at radius 1 is 0.853 bits per heavy atom. The summed E-state index contributed by atoms with van der Waals surface area (Å²) in [6.45, 7) is 7.42. The molecule has 0 spiro atoms. The van der Waals surface area contributed by atoms with Crippen LogP contribution >= 0.6 is 0 Å². The third kappa shape index (κ3) is 10.8. The quantitative estimate of drug-likeness (QED) is 0.194. The van der Waals surface area contributed by atoms with Gasteiger partial charge in [-0.05, 0) is 24.8 Å². The molecule has 1 aliphatic rings. The van der Waals surface area contributed by atoms with Gasteiger partial charge in [0.1, 0.15) is 12.2 Å². The minimum atomic E-state index is -0.537. The number of hydrogen-bond acceptors (Lipinski definition) is 4. The normalized spacial score (nSPS) is 19.4. The molecule has 0 aromatic heterocycles. The molecule has 34 heavy (non-hydrogen) atoms. The largest absolute Gasteiger partial charge is 0.390 e. The number of hydrogen-bond donors (Lipinski definition) is 1. The summed E-state index contributed by atoms with van der Waals surface area (Å²) in [6.07, 6.45) is 17.1. The van der Waals surface area contributed by atoms with Crippen LogP contribution in [0.15, 0.2) is 30.3 Å². The predicted octanol–water partition coefficient (Wildman–Crippen LogP) is 7.96. The first-order chi connectivity index (χ1) is 16.6. The van der Waals surface area contributed by atoms with Gasteiger partial charge in [-0.3, -0.25) is 0 Å². The van der Waals surface area contributed by atoms with Gasteiger partial charge in [0.15, 0.2) is 5.79 Å². The van der Waals surface area contributed by atoms with Crippen LogP contribution in [0.1, 0.15) is 123 Å². The first kappa shape index (κ1) is 29.3. The third-order valence-electron chi connectivity index (χ3n) is 7.34. The predicted molar refractivity (Wildman–Crippen MR) is 141 cm³/mol. The number of aliphatic hydroxyl groups excluding tert-OH is 1. The SMILES string of the molecule is CCCCCCCCCCCCCCC(O)[C@@H](OCc1ccccc1)[C@H]1COC(CC)(CC)O1. The van der Waals surface area contributed by atoms with E-state index in [-0.39, 0.29) is 12.2 Å². The maximum absolute atomic E-state index is 11.1. The van der Waals surface area contributed by atoms with E-state index in [1.165, 1.54) is 70.6 Å². The fourth-order valence-corrected chi connectivity index (χ4v) is 4.95. The van der Waals surface area contributed by atoms with Gasteiger partial charge in [-0.2, -0.15) is 0 Å². The highest BCUT2D eigenvalue weighted by molar-refractivity contribution is 5.13. The average Bonchev–Trinajstić information content (AvgIpc) is 3.30. The Bertz CT molecular complexity index is 601. The fraction of sp³-hybridized carbons (Fsp3) is 0.800. The summed E-state index contributed by atoms with van der Waals surface area (Å²) in [4.78, 5) is 0. The summed E-state index contributed by atoms with van der Waals surface area (Å²) in [6, 6.07) is 10.2. The summed E-state index contributed by atoms with van der Waals surface area (Å²) in [5.74, 6) is -0.533. The Balaban J connectivity index is 1.69.